The second kappa shape index (κ2) is 8.47. The summed E-state index contributed by atoms with van der Waals surface area (Å²) in [7, 11) is 3.18. The molecule has 0 aromatic heterocycles. The molecule has 1 aliphatic rings. The van der Waals surface area contributed by atoms with Crippen LogP contribution in [0.5, 0.6) is 11.5 Å². The molecule has 0 saturated carbocycles. The van der Waals surface area contributed by atoms with Crippen molar-refractivity contribution in [3.05, 3.63) is 99.1 Å². The molecule has 0 fully saturated rings. The number of methoxy groups -OCH3 is 2. The van der Waals surface area contributed by atoms with Gasteiger partial charge in [-0.2, -0.15) is 0 Å². The molecule has 0 bridgehead atoms. The van der Waals surface area contributed by atoms with Gasteiger partial charge in [-0.1, -0.05) is 36.4 Å². The molecular weight excluding hydrogens is 396 g/mol. The summed E-state index contributed by atoms with van der Waals surface area (Å²) in [4.78, 5) is 26.0. The van der Waals surface area contributed by atoms with Crippen molar-refractivity contribution < 1.29 is 19.2 Å². The molecule has 0 N–H and O–H groups in total. The maximum Gasteiger partial charge on any atom is 0.270 e. The van der Waals surface area contributed by atoms with Crippen LogP contribution in [0, 0.1) is 10.1 Å². The third-order valence-corrected chi connectivity index (χ3v) is 5.55. The Morgan fingerprint density at radius 2 is 1.71 bits per heavy atom. The average Bonchev–Trinajstić information content (AvgIpc) is 2.82. The number of carbonyl (C=O) groups is 1. The number of hydrogen-bond donors (Lipinski definition) is 0. The topological polar surface area (TPSA) is 81.9 Å². The first-order valence-corrected chi connectivity index (χ1v) is 9.88. The lowest BCUT2D eigenvalue weighted by atomic mass is 9.87. The summed E-state index contributed by atoms with van der Waals surface area (Å²) in [6.45, 7) is 0.476. The largest absolute Gasteiger partial charge is 0.493 e. The molecule has 0 aliphatic carbocycles. The van der Waals surface area contributed by atoms with E-state index in [2.05, 4.69) is 0 Å². The second-order valence-corrected chi connectivity index (χ2v) is 7.28. The second-order valence-electron chi connectivity index (χ2n) is 7.28. The van der Waals surface area contributed by atoms with Gasteiger partial charge in [0.15, 0.2) is 11.5 Å². The van der Waals surface area contributed by atoms with E-state index in [1.807, 2.05) is 42.5 Å². The molecule has 7 nitrogen and oxygen atoms in total. The van der Waals surface area contributed by atoms with Crippen LogP contribution in [0.2, 0.25) is 0 Å². The Hall–Kier alpha value is -3.87. The van der Waals surface area contributed by atoms with Crippen molar-refractivity contribution >= 4 is 11.6 Å². The van der Waals surface area contributed by atoms with Gasteiger partial charge in [0.1, 0.15) is 0 Å². The first-order chi connectivity index (χ1) is 15.0. The molecule has 1 heterocycles. The average molecular weight is 418 g/mol. The van der Waals surface area contributed by atoms with E-state index in [1.165, 1.54) is 18.2 Å². The number of non-ortho nitro benzene ring substituents is 1. The Labute approximate surface area is 180 Å². The van der Waals surface area contributed by atoms with Crippen molar-refractivity contribution in [3.63, 3.8) is 0 Å². The minimum Gasteiger partial charge on any atom is -0.493 e. The highest BCUT2D eigenvalue weighted by molar-refractivity contribution is 5.95. The van der Waals surface area contributed by atoms with E-state index in [0.29, 0.717) is 30.0 Å². The number of amides is 1. The van der Waals surface area contributed by atoms with E-state index in [0.717, 1.165) is 16.7 Å². The van der Waals surface area contributed by atoms with Crippen LogP contribution in [0.15, 0.2) is 66.7 Å². The highest BCUT2D eigenvalue weighted by Crippen LogP contribution is 2.41. The Bertz CT molecular complexity index is 1130. The molecule has 7 heteroatoms. The predicted octanol–water partition coefficient (Wildman–Crippen LogP) is 4.40. The molecule has 0 spiro atoms. The van der Waals surface area contributed by atoms with E-state index in [4.69, 9.17) is 9.47 Å². The summed E-state index contributed by atoms with van der Waals surface area (Å²) in [5.74, 6) is 0.983. The van der Waals surface area contributed by atoms with Gasteiger partial charge in [0.2, 0.25) is 0 Å². The van der Waals surface area contributed by atoms with Gasteiger partial charge in [0, 0.05) is 24.2 Å². The van der Waals surface area contributed by atoms with Gasteiger partial charge in [-0.25, -0.2) is 0 Å². The van der Waals surface area contributed by atoms with Crippen molar-refractivity contribution in [2.45, 2.75) is 12.5 Å². The van der Waals surface area contributed by atoms with Gasteiger partial charge in [-0.15, -0.1) is 0 Å². The fraction of sp³-hybridized carbons (Fsp3) is 0.208. The Kier molecular flexibility index (Phi) is 5.58. The lowest BCUT2D eigenvalue weighted by molar-refractivity contribution is -0.384. The molecule has 3 aromatic rings. The van der Waals surface area contributed by atoms with Crippen molar-refractivity contribution in [1.29, 1.82) is 0 Å². The van der Waals surface area contributed by atoms with Crippen molar-refractivity contribution in [2.24, 2.45) is 0 Å². The Morgan fingerprint density at radius 3 is 2.39 bits per heavy atom. The number of nitro benzene ring substituents is 1. The van der Waals surface area contributed by atoms with Gasteiger partial charge in [0.05, 0.1) is 25.2 Å². The molecule has 0 radical (unpaired) electrons. The highest BCUT2D eigenvalue weighted by atomic mass is 16.6. The molecule has 0 saturated heterocycles. The minimum absolute atomic E-state index is 0.106. The highest BCUT2D eigenvalue weighted by Gasteiger charge is 2.34. The molecule has 4 rings (SSSR count). The van der Waals surface area contributed by atoms with E-state index in [9.17, 15) is 14.9 Å². The summed E-state index contributed by atoms with van der Waals surface area (Å²) in [6.07, 6.45) is 0.639. The van der Waals surface area contributed by atoms with Crippen molar-refractivity contribution in [1.82, 2.24) is 4.90 Å². The van der Waals surface area contributed by atoms with Gasteiger partial charge >= 0.3 is 0 Å². The van der Waals surface area contributed by atoms with E-state index < -0.39 is 4.92 Å². The zero-order valence-corrected chi connectivity index (χ0v) is 17.3. The number of nitro groups is 1. The number of rotatable bonds is 5. The monoisotopic (exact) mass is 418 g/mol. The summed E-state index contributed by atoms with van der Waals surface area (Å²) >= 11 is 0. The lowest BCUT2D eigenvalue weighted by Gasteiger charge is -2.38. The lowest BCUT2D eigenvalue weighted by Crippen LogP contribution is -2.40. The first-order valence-electron chi connectivity index (χ1n) is 9.88. The first kappa shape index (κ1) is 20.4. The Balaban J connectivity index is 1.83. The van der Waals surface area contributed by atoms with E-state index in [-0.39, 0.29) is 17.6 Å². The zero-order valence-electron chi connectivity index (χ0n) is 17.3. The number of hydrogen-bond acceptors (Lipinski definition) is 5. The molecule has 31 heavy (non-hydrogen) atoms. The van der Waals surface area contributed by atoms with Crippen molar-refractivity contribution in [3.8, 4) is 11.5 Å². The predicted molar refractivity (Wildman–Crippen MR) is 116 cm³/mol. The number of carbonyl (C=O) groups excluding carboxylic acids is 1. The minimum atomic E-state index is -0.492. The molecule has 158 valence electrons. The fourth-order valence-corrected chi connectivity index (χ4v) is 4.08. The molecule has 1 aliphatic heterocycles. The van der Waals surface area contributed by atoms with Crippen LogP contribution in [0.4, 0.5) is 5.69 Å². The molecule has 1 atom stereocenters. The van der Waals surface area contributed by atoms with Crippen LogP contribution in [0.3, 0.4) is 0 Å². The third kappa shape index (κ3) is 3.82. The maximum atomic E-state index is 13.5. The number of nitrogens with zero attached hydrogens (tertiary/aromatic N) is 2. The van der Waals surface area contributed by atoms with Crippen molar-refractivity contribution in [2.75, 3.05) is 20.8 Å². The van der Waals surface area contributed by atoms with Gasteiger partial charge in [0.25, 0.3) is 11.6 Å². The van der Waals surface area contributed by atoms with Crippen LogP contribution < -0.4 is 9.47 Å². The van der Waals surface area contributed by atoms with E-state index in [1.54, 1.807) is 25.2 Å². The van der Waals surface area contributed by atoms with Crippen LogP contribution in [0.1, 0.15) is 33.1 Å². The van der Waals surface area contributed by atoms with E-state index >= 15 is 0 Å². The van der Waals surface area contributed by atoms with Crippen LogP contribution in [-0.2, 0) is 6.42 Å². The normalized spacial score (nSPS) is 15.2. The summed E-state index contributed by atoms with van der Waals surface area (Å²) in [5.41, 5.74) is 3.17. The molecule has 1 amide bonds. The maximum absolute atomic E-state index is 13.5. The van der Waals surface area contributed by atoms with Gasteiger partial charge in [-0.05, 0) is 41.3 Å². The SMILES string of the molecule is COc1cc2c(cc1OC)[C@@H](c1ccccc1)N(C(=O)c1cccc([N+](=O)[O-])c1)CC2. The fourth-order valence-electron chi connectivity index (χ4n) is 4.08. The number of ether oxygens (including phenoxy) is 2. The third-order valence-electron chi connectivity index (χ3n) is 5.55. The van der Waals surface area contributed by atoms with Gasteiger partial charge in [-0.3, -0.25) is 14.9 Å². The molecule has 0 unspecified atom stereocenters. The summed E-state index contributed by atoms with van der Waals surface area (Å²) < 4.78 is 11.0. The number of benzene rings is 3. The quantitative estimate of drug-likeness (QED) is 0.453. The zero-order chi connectivity index (χ0) is 22.0. The summed E-state index contributed by atoms with van der Waals surface area (Å²) in [5, 5.41) is 11.2. The summed E-state index contributed by atoms with van der Waals surface area (Å²) in [6, 6.07) is 19.1. The van der Waals surface area contributed by atoms with Crippen LogP contribution >= 0.6 is 0 Å². The smallest absolute Gasteiger partial charge is 0.270 e. The van der Waals surface area contributed by atoms with Crippen LogP contribution in [-0.4, -0.2) is 36.5 Å². The standard InChI is InChI=1S/C24H22N2O5/c1-30-21-14-17-11-12-25(24(27)18-9-6-10-19(13-18)26(28)29)23(16-7-4-3-5-8-16)20(17)15-22(21)31-2/h3-10,13-15,23H,11-12H2,1-2H3/t23-/m1/s1. The molecule has 3 aromatic carbocycles. The Morgan fingerprint density at radius 1 is 1.00 bits per heavy atom. The molecular formula is C24H22N2O5. The van der Waals surface area contributed by atoms with Gasteiger partial charge < -0.3 is 14.4 Å². The van der Waals surface area contributed by atoms with Crippen LogP contribution in [0.25, 0.3) is 0 Å². The number of fused-ring (bicyclic) bond motifs is 1.